The van der Waals surface area contributed by atoms with Gasteiger partial charge in [0.15, 0.2) is 0 Å². The number of alkyl carbamates (subject to hydrolysis) is 1. The number of aliphatic hydroxyl groups excluding tert-OH is 1. The molecule has 0 aliphatic heterocycles. The lowest BCUT2D eigenvalue weighted by atomic mass is 10.2. The number of ether oxygens (including phenoxy) is 5. The molecule has 0 saturated heterocycles. The Morgan fingerprint density at radius 2 is 1.39 bits per heavy atom. The number of imidazole rings is 1. The molecule has 46 heavy (non-hydrogen) atoms. The molecule has 1 aromatic heterocycles. The molecule has 1 aromatic rings. The lowest BCUT2D eigenvalue weighted by molar-refractivity contribution is -0.145. The second-order valence-corrected chi connectivity index (χ2v) is 12.5. The smallest absolute Gasteiger partial charge is 0.419 e. The zero-order valence-electron chi connectivity index (χ0n) is 28.1. The summed E-state index contributed by atoms with van der Waals surface area (Å²) in [5.74, 6) is -0.795. The van der Waals surface area contributed by atoms with Gasteiger partial charge < -0.3 is 39.0 Å². The first-order chi connectivity index (χ1) is 21.6. The standard InChI is InChI=1S/C31H52N4O11/c1-30(2,3)45-27(39)32-15-11-7-9-13-26(38)43-19-20-44-28(40)35-22-24(33-23-35)21-34(29(41)46-31(4,5)6)16-12-8-10-14-25(37)42-18-17-36/h22-23,36H,7-21H2,1-6H3,(H,32,39). The largest absolute Gasteiger partial charge is 0.463 e. The van der Waals surface area contributed by atoms with Gasteiger partial charge in [-0.05, 0) is 67.2 Å². The number of amides is 2. The van der Waals surface area contributed by atoms with Crippen molar-refractivity contribution in [1.29, 1.82) is 0 Å². The van der Waals surface area contributed by atoms with E-state index in [1.807, 2.05) is 0 Å². The first-order valence-electron chi connectivity index (χ1n) is 15.7. The van der Waals surface area contributed by atoms with Crippen molar-refractivity contribution in [2.45, 2.75) is 111 Å². The molecular weight excluding hydrogens is 604 g/mol. The van der Waals surface area contributed by atoms with Crippen LogP contribution in [0.4, 0.5) is 14.4 Å². The normalized spacial score (nSPS) is 11.4. The van der Waals surface area contributed by atoms with Crippen LogP contribution in [0.3, 0.4) is 0 Å². The number of esters is 2. The molecular formula is C31H52N4O11. The molecule has 0 atom stereocenters. The number of hydrogen-bond acceptors (Lipinski definition) is 12. The van der Waals surface area contributed by atoms with Gasteiger partial charge in [-0.3, -0.25) is 9.59 Å². The molecule has 0 aliphatic rings. The van der Waals surface area contributed by atoms with Crippen molar-refractivity contribution in [1.82, 2.24) is 19.8 Å². The minimum absolute atomic E-state index is 0.0286. The van der Waals surface area contributed by atoms with Gasteiger partial charge in [0.05, 0.1) is 18.8 Å². The Morgan fingerprint density at radius 1 is 0.804 bits per heavy atom. The fourth-order valence-corrected chi connectivity index (χ4v) is 3.79. The summed E-state index contributed by atoms with van der Waals surface area (Å²) in [5, 5.41) is 11.4. The molecule has 2 amide bonds. The first kappa shape index (κ1) is 40.1. The fourth-order valence-electron chi connectivity index (χ4n) is 3.79. The maximum Gasteiger partial charge on any atom is 0.419 e. The maximum atomic E-state index is 12.8. The number of rotatable bonds is 19. The van der Waals surface area contributed by atoms with Crippen molar-refractivity contribution < 1.29 is 52.8 Å². The number of unbranched alkanes of at least 4 members (excludes halogenated alkanes) is 4. The summed E-state index contributed by atoms with van der Waals surface area (Å²) in [5.41, 5.74) is -0.832. The van der Waals surface area contributed by atoms with Crippen LogP contribution in [0.2, 0.25) is 0 Å². The first-order valence-corrected chi connectivity index (χ1v) is 15.7. The zero-order valence-corrected chi connectivity index (χ0v) is 28.1. The molecule has 0 unspecified atom stereocenters. The maximum absolute atomic E-state index is 12.8. The number of nitrogens with zero attached hydrogens (tertiary/aromatic N) is 3. The molecule has 15 heteroatoms. The van der Waals surface area contributed by atoms with Gasteiger partial charge in [0.25, 0.3) is 0 Å². The average molecular weight is 657 g/mol. The topological polar surface area (TPSA) is 185 Å². The number of carbonyl (C=O) groups excluding carboxylic acids is 5. The Bertz CT molecular complexity index is 1090. The average Bonchev–Trinajstić information content (AvgIpc) is 3.42. The molecule has 262 valence electrons. The summed E-state index contributed by atoms with van der Waals surface area (Å²) in [6, 6.07) is 0. The second-order valence-electron chi connectivity index (χ2n) is 12.5. The predicted octanol–water partition coefficient (Wildman–Crippen LogP) is 4.33. The Balaban J connectivity index is 2.40. The lowest BCUT2D eigenvalue weighted by Crippen LogP contribution is -2.37. The van der Waals surface area contributed by atoms with Crippen molar-refractivity contribution >= 4 is 30.2 Å². The SMILES string of the molecule is CC(C)(C)OC(=O)NCCCCCC(=O)OCCOC(=O)n1cnc(CN(CCCCCC(=O)OCCO)C(=O)OC(C)(C)C)c1. The summed E-state index contributed by atoms with van der Waals surface area (Å²) in [6.07, 6.45) is 5.23. The van der Waals surface area contributed by atoms with Crippen LogP contribution in [-0.4, -0.2) is 100 Å². The minimum Gasteiger partial charge on any atom is -0.463 e. The van der Waals surface area contributed by atoms with Gasteiger partial charge in [0, 0.05) is 32.1 Å². The molecule has 1 rings (SSSR count). The molecule has 2 N–H and O–H groups in total. The number of carbonyl (C=O) groups is 5. The van der Waals surface area contributed by atoms with Crippen molar-refractivity contribution in [3.63, 3.8) is 0 Å². The second kappa shape index (κ2) is 21.0. The number of aliphatic hydroxyl groups is 1. The van der Waals surface area contributed by atoms with E-state index in [1.165, 1.54) is 17.4 Å². The van der Waals surface area contributed by atoms with E-state index >= 15 is 0 Å². The van der Waals surface area contributed by atoms with Gasteiger partial charge in [-0.15, -0.1) is 0 Å². The van der Waals surface area contributed by atoms with Gasteiger partial charge >= 0.3 is 30.2 Å². The van der Waals surface area contributed by atoms with Crippen LogP contribution in [-0.2, 0) is 39.8 Å². The fraction of sp³-hybridized carbons (Fsp3) is 0.742. The van der Waals surface area contributed by atoms with Gasteiger partial charge in [0.1, 0.15) is 37.4 Å². The van der Waals surface area contributed by atoms with E-state index in [0.717, 1.165) is 11.0 Å². The molecule has 0 spiro atoms. The van der Waals surface area contributed by atoms with Crippen molar-refractivity contribution in [3.8, 4) is 0 Å². The molecule has 0 radical (unpaired) electrons. The summed E-state index contributed by atoms with van der Waals surface area (Å²) in [7, 11) is 0. The zero-order chi connectivity index (χ0) is 34.6. The van der Waals surface area contributed by atoms with Crippen LogP contribution in [0.1, 0.15) is 98.6 Å². The van der Waals surface area contributed by atoms with Gasteiger partial charge in [-0.2, -0.15) is 0 Å². The lowest BCUT2D eigenvalue weighted by Gasteiger charge is -2.27. The molecule has 0 saturated carbocycles. The molecule has 0 aromatic carbocycles. The van der Waals surface area contributed by atoms with Crippen molar-refractivity contribution in [3.05, 3.63) is 18.2 Å². The highest BCUT2D eigenvalue weighted by molar-refractivity contribution is 5.71. The van der Waals surface area contributed by atoms with Crippen molar-refractivity contribution in [2.75, 3.05) is 39.5 Å². The van der Waals surface area contributed by atoms with Gasteiger partial charge in [0.2, 0.25) is 0 Å². The molecule has 0 aliphatic carbocycles. The Morgan fingerprint density at radius 3 is 2.00 bits per heavy atom. The molecule has 0 fully saturated rings. The highest BCUT2D eigenvalue weighted by Crippen LogP contribution is 2.14. The summed E-state index contributed by atoms with van der Waals surface area (Å²) in [4.78, 5) is 66.1. The monoisotopic (exact) mass is 656 g/mol. The van der Waals surface area contributed by atoms with E-state index < -0.39 is 35.5 Å². The number of nitrogens with one attached hydrogen (secondary N) is 1. The van der Waals surface area contributed by atoms with Crippen LogP contribution in [0.25, 0.3) is 0 Å². The molecule has 1 heterocycles. The van der Waals surface area contributed by atoms with Crippen LogP contribution in [0.5, 0.6) is 0 Å². The van der Waals surface area contributed by atoms with E-state index in [1.54, 1.807) is 41.5 Å². The summed E-state index contributed by atoms with van der Waals surface area (Å²) in [6.45, 7) is 11.0. The van der Waals surface area contributed by atoms with E-state index in [0.29, 0.717) is 50.9 Å². The van der Waals surface area contributed by atoms with Crippen LogP contribution < -0.4 is 5.32 Å². The predicted molar refractivity (Wildman–Crippen MR) is 166 cm³/mol. The van der Waals surface area contributed by atoms with E-state index in [4.69, 9.17) is 28.8 Å². The molecule has 15 nitrogen and oxygen atoms in total. The Hall–Kier alpha value is -3.88. The van der Waals surface area contributed by atoms with E-state index in [2.05, 4.69) is 10.3 Å². The van der Waals surface area contributed by atoms with Crippen LogP contribution in [0, 0.1) is 0 Å². The quantitative estimate of drug-likeness (QED) is 0.122. The van der Waals surface area contributed by atoms with E-state index in [9.17, 15) is 24.0 Å². The van der Waals surface area contributed by atoms with Gasteiger partial charge in [-0.25, -0.2) is 23.9 Å². The number of hydrogen-bond donors (Lipinski definition) is 2. The van der Waals surface area contributed by atoms with E-state index in [-0.39, 0.29) is 51.8 Å². The highest BCUT2D eigenvalue weighted by Gasteiger charge is 2.23. The highest BCUT2D eigenvalue weighted by atomic mass is 16.6. The third kappa shape index (κ3) is 20.2. The molecule has 0 bridgehead atoms. The third-order valence-electron chi connectivity index (χ3n) is 5.81. The number of aromatic nitrogens is 2. The summed E-state index contributed by atoms with van der Waals surface area (Å²) >= 11 is 0. The minimum atomic E-state index is -0.718. The third-order valence-corrected chi connectivity index (χ3v) is 5.81. The van der Waals surface area contributed by atoms with Crippen LogP contribution in [0.15, 0.2) is 12.5 Å². The van der Waals surface area contributed by atoms with Crippen molar-refractivity contribution in [2.24, 2.45) is 0 Å². The van der Waals surface area contributed by atoms with Crippen LogP contribution >= 0.6 is 0 Å². The Labute approximate surface area is 271 Å². The Kier molecular flexibility index (Phi) is 18.3. The summed E-state index contributed by atoms with van der Waals surface area (Å²) < 4.78 is 26.9. The van der Waals surface area contributed by atoms with Gasteiger partial charge in [-0.1, -0.05) is 12.8 Å².